The third-order valence-electron chi connectivity index (χ3n) is 5.50. The maximum atomic E-state index is 10.9. The van der Waals surface area contributed by atoms with Gasteiger partial charge in [-0.25, -0.2) is 4.98 Å². The third-order valence-corrected chi connectivity index (χ3v) is 6.59. The lowest BCUT2D eigenvalue weighted by molar-refractivity contribution is -1.02. The standard InChI is InChI=1S/C19H25N5O2S/c1-4-22-8-10-23(11-9-22)16(14-6-5-7-15(12-14)26-3)17-18(25)24-19(27-17)20-13(2)21-24/h5-7,12,16,25H,4,8-11H2,1-3H3/p+2/t16-/m0/s1. The van der Waals surface area contributed by atoms with E-state index in [-0.39, 0.29) is 11.9 Å². The number of nitrogens with one attached hydrogen (secondary N) is 2. The first-order valence-electron chi connectivity index (χ1n) is 9.47. The summed E-state index contributed by atoms with van der Waals surface area (Å²) in [4.78, 5) is 9.23. The van der Waals surface area contributed by atoms with Crippen molar-refractivity contribution in [3.05, 3.63) is 40.5 Å². The van der Waals surface area contributed by atoms with Crippen LogP contribution in [0.5, 0.6) is 11.6 Å². The number of rotatable bonds is 5. The molecule has 8 heteroatoms. The van der Waals surface area contributed by atoms with E-state index in [2.05, 4.69) is 29.1 Å². The van der Waals surface area contributed by atoms with Crippen LogP contribution in [0.4, 0.5) is 0 Å². The summed E-state index contributed by atoms with van der Waals surface area (Å²) in [5.41, 5.74) is 1.15. The number of nitrogens with zero attached hydrogens (tertiary/aromatic N) is 3. The lowest BCUT2D eigenvalue weighted by Crippen LogP contribution is -3.28. The van der Waals surface area contributed by atoms with Crippen molar-refractivity contribution in [2.24, 2.45) is 0 Å². The first-order chi connectivity index (χ1) is 13.1. The average molecular weight is 390 g/mol. The summed E-state index contributed by atoms with van der Waals surface area (Å²) in [7, 11) is 1.69. The van der Waals surface area contributed by atoms with E-state index in [9.17, 15) is 5.11 Å². The predicted octanol–water partition coefficient (Wildman–Crippen LogP) is -0.294. The molecule has 1 atom stereocenters. The Labute approximate surface area is 162 Å². The minimum absolute atomic E-state index is 0.0484. The van der Waals surface area contributed by atoms with Gasteiger partial charge in [0.15, 0.2) is 6.04 Å². The van der Waals surface area contributed by atoms with Gasteiger partial charge in [-0.15, -0.1) is 5.10 Å². The van der Waals surface area contributed by atoms with Crippen LogP contribution in [0.2, 0.25) is 0 Å². The van der Waals surface area contributed by atoms with Crippen LogP contribution in [-0.4, -0.2) is 59.5 Å². The molecule has 0 saturated carbocycles. The van der Waals surface area contributed by atoms with E-state index in [1.807, 2.05) is 19.1 Å². The number of aromatic hydroxyl groups is 1. The van der Waals surface area contributed by atoms with Crippen LogP contribution in [0.25, 0.3) is 4.96 Å². The highest BCUT2D eigenvalue weighted by atomic mass is 32.1. The molecule has 1 aliphatic rings. The number of aromatic nitrogens is 3. The molecule has 3 heterocycles. The van der Waals surface area contributed by atoms with E-state index >= 15 is 0 Å². The quantitative estimate of drug-likeness (QED) is 0.561. The van der Waals surface area contributed by atoms with Gasteiger partial charge in [0.2, 0.25) is 10.8 Å². The highest BCUT2D eigenvalue weighted by molar-refractivity contribution is 7.17. The van der Waals surface area contributed by atoms with Crippen LogP contribution in [0.15, 0.2) is 24.3 Å². The lowest BCUT2D eigenvalue weighted by atomic mass is 10.0. The topological polar surface area (TPSA) is 68.5 Å². The Morgan fingerprint density at radius 2 is 2.07 bits per heavy atom. The van der Waals surface area contributed by atoms with E-state index in [4.69, 9.17) is 4.74 Å². The molecule has 144 valence electrons. The van der Waals surface area contributed by atoms with Crippen molar-refractivity contribution >= 4 is 16.3 Å². The molecular formula is C19H27N5O2S+2. The number of methoxy groups -OCH3 is 1. The van der Waals surface area contributed by atoms with Crippen molar-refractivity contribution in [2.75, 3.05) is 39.8 Å². The van der Waals surface area contributed by atoms with Gasteiger partial charge in [0.1, 0.15) is 42.6 Å². The van der Waals surface area contributed by atoms with Crippen LogP contribution in [0.3, 0.4) is 0 Å². The number of piperazine rings is 1. The van der Waals surface area contributed by atoms with Gasteiger partial charge in [-0.3, -0.25) is 0 Å². The summed E-state index contributed by atoms with van der Waals surface area (Å²) in [6.45, 7) is 9.68. The smallest absolute Gasteiger partial charge is 0.235 e. The number of thiazole rings is 1. The number of benzene rings is 1. The molecule has 0 bridgehead atoms. The average Bonchev–Trinajstić information content (AvgIpc) is 3.20. The van der Waals surface area contributed by atoms with Crippen molar-refractivity contribution in [3.63, 3.8) is 0 Å². The van der Waals surface area contributed by atoms with E-state index in [1.165, 1.54) is 22.8 Å². The van der Waals surface area contributed by atoms with E-state index < -0.39 is 0 Å². The molecule has 0 radical (unpaired) electrons. The summed E-state index contributed by atoms with van der Waals surface area (Å²) in [6.07, 6.45) is 0. The molecule has 0 unspecified atom stereocenters. The molecule has 3 aromatic rings. The second-order valence-electron chi connectivity index (χ2n) is 7.11. The van der Waals surface area contributed by atoms with Gasteiger partial charge in [0.05, 0.1) is 13.7 Å². The van der Waals surface area contributed by atoms with Gasteiger partial charge in [-0.05, 0) is 26.0 Å². The minimum atomic E-state index is 0.0484. The molecule has 7 nitrogen and oxygen atoms in total. The van der Waals surface area contributed by atoms with Gasteiger partial charge < -0.3 is 19.6 Å². The Bertz CT molecular complexity index is 929. The second kappa shape index (κ2) is 7.46. The molecule has 1 aromatic carbocycles. The third kappa shape index (κ3) is 3.40. The van der Waals surface area contributed by atoms with Gasteiger partial charge in [0.25, 0.3) is 0 Å². The molecule has 0 amide bonds. The Balaban J connectivity index is 1.77. The fraction of sp³-hybridized carbons (Fsp3) is 0.474. The van der Waals surface area contributed by atoms with Crippen molar-refractivity contribution < 1.29 is 19.6 Å². The summed E-state index contributed by atoms with van der Waals surface area (Å²) >= 11 is 1.53. The van der Waals surface area contributed by atoms with Crippen LogP contribution in [0, 0.1) is 6.92 Å². The molecule has 2 aromatic heterocycles. The lowest BCUT2D eigenvalue weighted by Gasteiger charge is -2.34. The number of aryl methyl sites for hydroxylation is 1. The first-order valence-corrected chi connectivity index (χ1v) is 10.3. The summed E-state index contributed by atoms with van der Waals surface area (Å²) < 4.78 is 7.02. The Morgan fingerprint density at radius 1 is 1.30 bits per heavy atom. The normalized spacial score (nSPS) is 21.4. The zero-order chi connectivity index (χ0) is 19.0. The Morgan fingerprint density at radius 3 is 2.74 bits per heavy atom. The fourth-order valence-corrected chi connectivity index (χ4v) is 5.18. The zero-order valence-electron chi connectivity index (χ0n) is 16.0. The van der Waals surface area contributed by atoms with Crippen LogP contribution in [0.1, 0.15) is 29.2 Å². The van der Waals surface area contributed by atoms with E-state index in [0.29, 0.717) is 5.82 Å². The van der Waals surface area contributed by atoms with Crippen molar-refractivity contribution in [1.29, 1.82) is 0 Å². The molecule has 1 aliphatic heterocycles. The van der Waals surface area contributed by atoms with Gasteiger partial charge in [-0.2, -0.15) is 4.52 Å². The van der Waals surface area contributed by atoms with Crippen molar-refractivity contribution in [1.82, 2.24) is 14.6 Å². The molecule has 0 aliphatic carbocycles. The van der Waals surface area contributed by atoms with E-state index in [0.717, 1.165) is 47.3 Å². The van der Waals surface area contributed by atoms with Crippen LogP contribution < -0.4 is 14.5 Å². The molecule has 0 spiro atoms. The van der Waals surface area contributed by atoms with Gasteiger partial charge in [0, 0.05) is 5.56 Å². The minimum Gasteiger partial charge on any atom is -0.497 e. The molecule has 27 heavy (non-hydrogen) atoms. The molecule has 4 rings (SSSR count). The maximum absolute atomic E-state index is 10.9. The summed E-state index contributed by atoms with van der Waals surface area (Å²) in [6, 6.07) is 8.23. The number of likely N-dealkylation sites (N-methyl/N-ethyl adjacent to an activating group) is 1. The van der Waals surface area contributed by atoms with E-state index in [1.54, 1.807) is 16.5 Å². The number of hydrogen-bond acceptors (Lipinski definition) is 5. The largest absolute Gasteiger partial charge is 0.497 e. The van der Waals surface area contributed by atoms with Crippen molar-refractivity contribution in [2.45, 2.75) is 19.9 Å². The Hall–Kier alpha value is -2.16. The highest BCUT2D eigenvalue weighted by Gasteiger charge is 2.36. The monoisotopic (exact) mass is 389 g/mol. The molecular weight excluding hydrogens is 362 g/mol. The SMILES string of the molecule is CC[NH+]1CC[NH+]([C@@H](c2cccc(OC)c2)c2sc3nc(C)nn3c2O)CC1. The number of quaternary nitrogens is 2. The molecule has 1 fully saturated rings. The maximum Gasteiger partial charge on any atom is 0.235 e. The number of hydrogen-bond donors (Lipinski definition) is 3. The van der Waals surface area contributed by atoms with Crippen LogP contribution in [-0.2, 0) is 0 Å². The van der Waals surface area contributed by atoms with Gasteiger partial charge >= 0.3 is 0 Å². The molecule has 3 N–H and O–H groups in total. The van der Waals surface area contributed by atoms with Crippen LogP contribution >= 0.6 is 11.3 Å². The first kappa shape index (κ1) is 18.2. The van der Waals surface area contributed by atoms with Crippen molar-refractivity contribution in [3.8, 4) is 11.6 Å². The molecule has 1 saturated heterocycles. The zero-order valence-corrected chi connectivity index (χ0v) is 16.8. The number of ether oxygens (including phenoxy) is 1. The Kier molecular flexibility index (Phi) is 5.03. The van der Waals surface area contributed by atoms with Gasteiger partial charge in [-0.1, -0.05) is 23.5 Å². The summed E-state index contributed by atoms with van der Waals surface area (Å²) in [5.74, 6) is 1.72. The summed E-state index contributed by atoms with van der Waals surface area (Å²) in [5, 5.41) is 15.3. The highest BCUT2D eigenvalue weighted by Crippen LogP contribution is 2.35. The number of fused-ring (bicyclic) bond motifs is 1. The second-order valence-corrected chi connectivity index (χ2v) is 8.12. The fourth-order valence-electron chi connectivity index (χ4n) is 4.00. The predicted molar refractivity (Wildman–Crippen MR) is 104 cm³/mol.